The van der Waals surface area contributed by atoms with Gasteiger partial charge in [-0.15, -0.1) is 5.10 Å². The van der Waals surface area contributed by atoms with Crippen molar-refractivity contribution in [3.63, 3.8) is 0 Å². The van der Waals surface area contributed by atoms with Gasteiger partial charge in [-0.1, -0.05) is 26.0 Å². The van der Waals surface area contributed by atoms with E-state index in [0.717, 1.165) is 18.5 Å². The molecule has 1 saturated heterocycles. The molecule has 0 aromatic carbocycles. The summed E-state index contributed by atoms with van der Waals surface area (Å²) in [6.07, 6.45) is 0.937. The molecule has 2 amide bonds. The van der Waals surface area contributed by atoms with Gasteiger partial charge in [0.2, 0.25) is 18.2 Å². The quantitative estimate of drug-likeness (QED) is 0.719. The molecule has 0 spiro atoms. The van der Waals surface area contributed by atoms with Crippen LogP contribution in [0.5, 0.6) is 0 Å². The van der Waals surface area contributed by atoms with Crippen molar-refractivity contribution in [2.45, 2.75) is 83.0 Å². The van der Waals surface area contributed by atoms with Crippen molar-refractivity contribution in [1.29, 1.82) is 0 Å². The van der Waals surface area contributed by atoms with Crippen molar-refractivity contribution in [2.24, 2.45) is 11.3 Å². The van der Waals surface area contributed by atoms with Gasteiger partial charge in [-0.05, 0) is 24.7 Å². The van der Waals surface area contributed by atoms with Crippen LogP contribution in [0.25, 0.3) is 0 Å². The zero-order valence-corrected chi connectivity index (χ0v) is 17.5. The fraction of sp³-hybridized carbons (Fsp3) is 0.800. The Morgan fingerprint density at radius 2 is 1.97 bits per heavy atom. The van der Waals surface area contributed by atoms with Crippen LogP contribution in [-0.4, -0.2) is 68.0 Å². The number of amides is 2. The summed E-state index contributed by atoms with van der Waals surface area (Å²) in [6.45, 7) is 5.75. The van der Waals surface area contributed by atoms with Gasteiger partial charge in [-0.25, -0.2) is 13.5 Å². The van der Waals surface area contributed by atoms with Gasteiger partial charge in [0.1, 0.15) is 12.1 Å². The Labute approximate surface area is 174 Å². The lowest BCUT2D eigenvalue weighted by Crippen LogP contribution is -2.51. The third kappa shape index (κ3) is 4.19. The standard InChI is InChI=1S/C20H29F2N5O3/c1-20(2,3)16(27-9-14(24-25-27)10-4-5-10)19(30)26-8-11(28)6-15(26)18(29)23-13-7-12(13)17(21)22/h9-13,15-17,28H,4-8H2,1-3H3,(H,23,29)/t11-,12-,13-,15+,16-/m1/s1. The van der Waals surface area contributed by atoms with Crippen LogP contribution in [0.4, 0.5) is 8.78 Å². The minimum atomic E-state index is -2.47. The third-order valence-electron chi connectivity index (χ3n) is 6.20. The van der Waals surface area contributed by atoms with E-state index in [1.807, 2.05) is 20.8 Å². The molecule has 8 nitrogen and oxygen atoms in total. The molecule has 1 aromatic rings. The van der Waals surface area contributed by atoms with E-state index in [1.54, 1.807) is 10.9 Å². The van der Waals surface area contributed by atoms with Crippen molar-refractivity contribution < 1.29 is 23.5 Å². The van der Waals surface area contributed by atoms with Crippen LogP contribution in [0, 0.1) is 11.3 Å². The highest BCUT2D eigenvalue weighted by Crippen LogP contribution is 2.40. The number of hydrogen-bond acceptors (Lipinski definition) is 5. The molecule has 30 heavy (non-hydrogen) atoms. The second-order valence-corrected chi connectivity index (χ2v) is 9.91. The molecule has 0 unspecified atom stereocenters. The first-order valence-electron chi connectivity index (χ1n) is 10.5. The highest BCUT2D eigenvalue weighted by atomic mass is 19.3. The number of carbonyl (C=O) groups excluding carboxylic acids is 2. The molecule has 4 rings (SSSR count). The number of β-amino-alcohol motifs (C(OH)–C–C–N with tert-alkyl or cyclic N) is 1. The topological polar surface area (TPSA) is 100 Å². The molecule has 10 heteroatoms. The van der Waals surface area contributed by atoms with E-state index < -0.39 is 47.9 Å². The Balaban J connectivity index is 1.52. The van der Waals surface area contributed by atoms with Crippen LogP contribution < -0.4 is 5.32 Å². The maximum atomic E-state index is 13.5. The lowest BCUT2D eigenvalue weighted by molar-refractivity contribution is -0.144. The molecule has 2 aliphatic carbocycles. The van der Waals surface area contributed by atoms with Crippen LogP contribution in [-0.2, 0) is 9.59 Å². The molecule has 1 aromatic heterocycles. The highest BCUT2D eigenvalue weighted by molar-refractivity contribution is 5.90. The number of hydrogen-bond donors (Lipinski definition) is 2. The van der Waals surface area contributed by atoms with Crippen LogP contribution in [0.3, 0.4) is 0 Å². The van der Waals surface area contributed by atoms with Gasteiger partial charge in [0, 0.05) is 37.0 Å². The van der Waals surface area contributed by atoms with E-state index in [0.29, 0.717) is 5.92 Å². The lowest BCUT2D eigenvalue weighted by atomic mass is 9.85. The van der Waals surface area contributed by atoms with E-state index in [9.17, 15) is 23.5 Å². The number of rotatable bonds is 6. The van der Waals surface area contributed by atoms with E-state index >= 15 is 0 Å². The minimum Gasteiger partial charge on any atom is -0.391 e. The summed E-state index contributed by atoms with van der Waals surface area (Å²) >= 11 is 0. The van der Waals surface area contributed by atoms with Gasteiger partial charge in [0.05, 0.1) is 11.8 Å². The number of nitrogens with zero attached hydrogens (tertiary/aromatic N) is 4. The second-order valence-electron chi connectivity index (χ2n) is 9.91. The fourth-order valence-corrected chi connectivity index (χ4v) is 4.26. The van der Waals surface area contributed by atoms with E-state index in [2.05, 4.69) is 15.6 Å². The molecule has 3 aliphatic rings. The van der Waals surface area contributed by atoms with E-state index in [-0.39, 0.29) is 25.3 Å². The smallest absolute Gasteiger partial charge is 0.248 e. The molecule has 5 atom stereocenters. The average Bonchev–Trinajstić information content (AvgIpc) is 3.54. The van der Waals surface area contributed by atoms with Crippen molar-refractivity contribution in [3.8, 4) is 0 Å². The van der Waals surface area contributed by atoms with Gasteiger partial charge in [-0.2, -0.15) is 0 Å². The minimum absolute atomic E-state index is 0.0244. The molecule has 2 heterocycles. The van der Waals surface area contributed by atoms with Crippen LogP contribution in [0.15, 0.2) is 6.20 Å². The molecular formula is C20H29F2N5O3. The van der Waals surface area contributed by atoms with Gasteiger partial charge < -0.3 is 15.3 Å². The van der Waals surface area contributed by atoms with Crippen LogP contribution >= 0.6 is 0 Å². The van der Waals surface area contributed by atoms with Gasteiger partial charge in [-0.3, -0.25) is 9.59 Å². The van der Waals surface area contributed by atoms with E-state index in [1.165, 1.54) is 4.90 Å². The molecule has 2 N–H and O–H groups in total. The largest absolute Gasteiger partial charge is 0.391 e. The SMILES string of the molecule is CC(C)(C)[C@@H](C(=O)N1C[C@H](O)C[C@H]1C(=O)N[C@@H]1C[C@H]1C(F)F)n1cc(C2CC2)nn1. The Morgan fingerprint density at radius 1 is 1.27 bits per heavy atom. The molecule has 3 fully saturated rings. The average molecular weight is 425 g/mol. The summed E-state index contributed by atoms with van der Waals surface area (Å²) in [5.41, 5.74) is 0.344. The van der Waals surface area contributed by atoms with Gasteiger partial charge >= 0.3 is 0 Å². The Bertz CT molecular complexity index is 820. The Morgan fingerprint density at radius 3 is 2.53 bits per heavy atom. The van der Waals surface area contributed by atoms with Crippen LogP contribution in [0.1, 0.15) is 64.1 Å². The van der Waals surface area contributed by atoms with Crippen LogP contribution in [0.2, 0.25) is 0 Å². The fourth-order valence-electron chi connectivity index (χ4n) is 4.26. The highest BCUT2D eigenvalue weighted by Gasteiger charge is 2.49. The summed E-state index contributed by atoms with van der Waals surface area (Å²) in [5, 5.41) is 21.2. The second kappa shape index (κ2) is 7.55. The molecule has 0 bridgehead atoms. The number of likely N-dealkylation sites (tertiary alicyclic amines) is 1. The molecule has 0 radical (unpaired) electrons. The lowest BCUT2D eigenvalue weighted by Gasteiger charge is -2.34. The number of alkyl halides is 2. The van der Waals surface area contributed by atoms with Crippen molar-refractivity contribution in [3.05, 3.63) is 11.9 Å². The molecular weight excluding hydrogens is 396 g/mol. The summed E-state index contributed by atoms with van der Waals surface area (Å²) in [4.78, 5) is 27.7. The number of carbonyl (C=O) groups is 2. The number of halogens is 2. The van der Waals surface area contributed by atoms with Crippen molar-refractivity contribution >= 4 is 11.8 Å². The maximum Gasteiger partial charge on any atom is 0.248 e. The summed E-state index contributed by atoms with van der Waals surface area (Å²) in [6, 6.07) is -2.16. The monoisotopic (exact) mass is 425 g/mol. The molecule has 1 aliphatic heterocycles. The predicted octanol–water partition coefficient (Wildman–Crippen LogP) is 1.47. The first kappa shape index (κ1) is 21.1. The maximum absolute atomic E-state index is 13.5. The molecule has 2 saturated carbocycles. The molecule has 166 valence electrons. The number of aliphatic hydroxyl groups excluding tert-OH is 1. The van der Waals surface area contributed by atoms with Gasteiger partial charge in [0.25, 0.3) is 0 Å². The van der Waals surface area contributed by atoms with Gasteiger partial charge in [0.15, 0.2) is 0 Å². The Hall–Kier alpha value is -2.10. The zero-order chi connectivity index (χ0) is 21.8. The summed E-state index contributed by atoms with van der Waals surface area (Å²) in [7, 11) is 0. The van der Waals surface area contributed by atoms with E-state index in [4.69, 9.17) is 0 Å². The predicted molar refractivity (Wildman–Crippen MR) is 103 cm³/mol. The number of nitrogens with one attached hydrogen (secondary N) is 1. The summed E-state index contributed by atoms with van der Waals surface area (Å²) in [5.74, 6) is -1.25. The van der Waals surface area contributed by atoms with Crippen molar-refractivity contribution in [2.75, 3.05) is 6.54 Å². The first-order chi connectivity index (χ1) is 14.1. The summed E-state index contributed by atoms with van der Waals surface area (Å²) < 4.78 is 27.1. The number of aromatic nitrogens is 3. The number of aliphatic hydroxyl groups is 1. The third-order valence-corrected chi connectivity index (χ3v) is 6.20. The van der Waals surface area contributed by atoms with Crippen molar-refractivity contribution in [1.82, 2.24) is 25.2 Å². The zero-order valence-electron chi connectivity index (χ0n) is 17.5. The first-order valence-corrected chi connectivity index (χ1v) is 10.5. The Kier molecular flexibility index (Phi) is 5.32. The normalized spacial score (nSPS) is 29.9.